The van der Waals surface area contributed by atoms with Gasteiger partial charge in [0.05, 0.1) is 0 Å². The Kier molecular flexibility index (Phi) is 2.34. The number of halogens is 1. The Morgan fingerprint density at radius 2 is 1.43 bits per heavy atom. The van der Waals surface area contributed by atoms with Crippen LogP contribution in [0, 0.1) is 29.1 Å². The van der Waals surface area contributed by atoms with Gasteiger partial charge in [0.25, 0.3) is 0 Å². The zero-order valence-corrected chi connectivity index (χ0v) is 16.4. The van der Waals surface area contributed by atoms with E-state index in [2.05, 4.69) is 60.7 Å². The van der Waals surface area contributed by atoms with Crippen molar-refractivity contribution in [3.63, 3.8) is 0 Å². The highest BCUT2D eigenvalue weighted by Crippen LogP contribution is 2.94. The summed E-state index contributed by atoms with van der Waals surface area (Å²) < 4.78 is 0. The molecule has 3 aromatic carbocycles. The van der Waals surface area contributed by atoms with Crippen LogP contribution in [0.25, 0.3) is 22.3 Å². The molecule has 4 unspecified atom stereocenters. The molecule has 0 aromatic heterocycles. The molecule has 8 rings (SSSR count). The average Bonchev–Trinajstić information content (AvgIpc) is 2.96. The van der Waals surface area contributed by atoms with Gasteiger partial charge in [0, 0.05) is 10.4 Å². The fourth-order valence-electron chi connectivity index (χ4n) is 8.91. The standard InChI is InChI=1S/C27H21Cl/c28-18-6-3-5-15(11-18)19-8-4-10-22-25(19)20-7-1-2-9-21(20)27(22)23-13-16-12-17-14-24(27)26(16,17)23/h1-11,16-17,23-24H,12-14H2. The molecule has 2 spiro atoms. The third-order valence-electron chi connectivity index (χ3n) is 9.62. The second-order valence-corrected chi connectivity index (χ2v) is 10.3. The van der Waals surface area contributed by atoms with Crippen molar-refractivity contribution < 1.29 is 0 Å². The summed E-state index contributed by atoms with van der Waals surface area (Å²) in [5, 5.41) is 0.817. The third-order valence-corrected chi connectivity index (χ3v) is 9.85. The van der Waals surface area contributed by atoms with Gasteiger partial charge >= 0.3 is 0 Å². The van der Waals surface area contributed by atoms with E-state index in [9.17, 15) is 0 Å². The Morgan fingerprint density at radius 1 is 0.714 bits per heavy atom. The maximum Gasteiger partial charge on any atom is 0.0412 e. The van der Waals surface area contributed by atoms with Crippen LogP contribution in [0.3, 0.4) is 0 Å². The quantitative estimate of drug-likeness (QED) is 0.428. The lowest BCUT2D eigenvalue weighted by Crippen LogP contribution is -2.88. The van der Waals surface area contributed by atoms with Gasteiger partial charge in [0.1, 0.15) is 0 Å². The summed E-state index contributed by atoms with van der Waals surface area (Å²) in [7, 11) is 0. The SMILES string of the molecule is Clc1cccc(-c2cccc3c2-c2ccccc2C32C3CC4CC5CC2C453)c1. The minimum Gasteiger partial charge on any atom is -0.0843 e. The van der Waals surface area contributed by atoms with E-state index in [1.165, 1.54) is 41.5 Å². The summed E-state index contributed by atoms with van der Waals surface area (Å²) >= 11 is 6.36. The van der Waals surface area contributed by atoms with Crippen molar-refractivity contribution in [2.75, 3.05) is 0 Å². The van der Waals surface area contributed by atoms with Crippen LogP contribution in [0.4, 0.5) is 0 Å². The van der Waals surface area contributed by atoms with Crippen molar-refractivity contribution in [2.24, 2.45) is 29.1 Å². The number of fused-ring (bicyclic) bond motifs is 7. The van der Waals surface area contributed by atoms with Crippen LogP contribution in [0.2, 0.25) is 5.02 Å². The van der Waals surface area contributed by atoms with Gasteiger partial charge < -0.3 is 0 Å². The van der Waals surface area contributed by atoms with E-state index < -0.39 is 0 Å². The van der Waals surface area contributed by atoms with Gasteiger partial charge in [-0.25, -0.2) is 0 Å². The zero-order valence-electron chi connectivity index (χ0n) is 15.7. The molecule has 4 saturated carbocycles. The van der Waals surface area contributed by atoms with E-state index >= 15 is 0 Å². The van der Waals surface area contributed by atoms with Crippen molar-refractivity contribution in [3.05, 3.63) is 82.9 Å². The lowest BCUT2D eigenvalue weighted by atomic mass is 9.11. The highest BCUT2D eigenvalue weighted by atomic mass is 35.5. The minimum absolute atomic E-state index is 0.300. The van der Waals surface area contributed by atoms with Gasteiger partial charge in [0.2, 0.25) is 0 Å². The van der Waals surface area contributed by atoms with Crippen molar-refractivity contribution in [2.45, 2.75) is 24.7 Å². The molecular formula is C27H21Cl. The van der Waals surface area contributed by atoms with E-state index in [4.69, 9.17) is 11.6 Å². The van der Waals surface area contributed by atoms with Gasteiger partial charge in [-0.3, -0.25) is 0 Å². The highest BCUT2D eigenvalue weighted by molar-refractivity contribution is 6.30. The van der Waals surface area contributed by atoms with Crippen LogP contribution in [0.15, 0.2) is 66.7 Å². The van der Waals surface area contributed by atoms with Crippen LogP contribution in [0.1, 0.15) is 30.4 Å². The Balaban J connectivity index is 1.43. The molecule has 0 aliphatic heterocycles. The summed E-state index contributed by atoms with van der Waals surface area (Å²) in [5.41, 5.74) is 9.86. The maximum atomic E-state index is 6.36. The molecule has 0 saturated heterocycles. The first-order valence-electron chi connectivity index (χ1n) is 10.8. The first kappa shape index (κ1) is 14.9. The molecule has 4 atom stereocenters. The van der Waals surface area contributed by atoms with Crippen LogP contribution in [-0.2, 0) is 5.41 Å². The van der Waals surface area contributed by atoms with E-state index in [-0.39, 0.29) is 0 Å². The number of hydrogen-bond donors (Lipinski definition) is 0. The molecule has 1 heteroatoms. The van der Waals surface area contributed by atoms with Crippen molar-refractivity contribution in [1.82, 2.24) is 0 Å². The molecule has 0 N–H and O–H groups in total. The fourth-order valence-corrected chi connectivity index (χ4v) is 9.10. The Morgan fingerprint density at radius 3 is 2.21 bits per heavy atom. The highest BCUT2D eigenvalue weighted by Gasteiger charge is 2.90. The number of hydrogen-bond acceptors (Lipinski definition) is 0. The summed E-state index contributed by atoms with van der Waals surface area (Å²) in [5.74, 6) is 3.89. The molecule has 0 heterocycles. The molecule has 0 nitrogen and oxygen atoms in total. The van der Waals surface area contributed by atoms with Gasteiger partial charge in [-0.1, -0.05) is 66.2 Å². The lowest BCUT2D eigenvalue weighted by molar-refractivity contribution is -0.412. The minimum atomic E-state index is 0.300. The van der Waals surface area contributed by atoms with Crippen LogP contribution in [-0.4, -0.2) is 0 Å². The summed E-state index contributed by atoms with van der Waals surface area (Å²) in [6, 6.07) is 24.7. The summed E-state index contributed by atoms with van der Waals surface area (Å²) in [6.45, 7) is 0. The van der Waals surface area contributed by atoms with E-state index in [0.717, 1.165) is 34.1 Å². The van der Waals surface area contributed by atoms with Crippen molar-refractivity contribution in [1.29, 1.82) is 0 Å². The predicted molar refractivity (Wildman–Crippen MR) is 113 cm³/mol. The second kappa shape index (κ2) is 4.41. The normalized spacial score (nSPS) is 39.5. The smallest absolute Gasteiger partial charge is 0.0412 e. The molecule has 5 aliphatic carbocycles. The van der Waals surface area contributed by atoms with E-state index in [1.807, 2.05) is 6.07 Å². The fraction of sp³-hybridized carbons (Fsp3) is 0.333. The predicted octanol–water partition coefficient (Wildman–Crippen LogP) is 6.95. The van der Waals surface area contributed by atoms with Gasteiger partial charge in [-0.15, -0.1) is 0 Å². The third kappa shape index (κ3) is 1.24. The van der Waals surface area contributed by atoms with Gasteiger partial charge in [-0.2, -0.15) is 0 Å². The molecule has 0 radical (unpaired) electrons. The molecular weight excluding hydrogens is 360 g/mol. The van der Waals surface area contributed by atoms with Gasteiger partial charge in [0.15, 0.2) is 0 Å². The Bertz CT molecular complexity index is 1180. The summed E-state index contributed by atoms with van der Waals surface area (Å²) in [4.78, 5) is 0. The first-order valence-corrected chi connectivity index (χ1v) is 11.1. The summed E-state index contributed by atoms with van der Waals surface area (Å²) in [6.07, 6.45) is 4.45. The molecule has 0 bridgehead atoms. The molecule has 3 aromatic rings. The molecule has 4 fully saturated rings. The zero-order chi connectivity index (χ0) is 18.3. The Hall–Kier alpha value is -2.05. The molecule has 136 valence electrons. The largest absolute Gasteiger partial charge is 0.0843 e. The maximum absolute atomic E-state index is 6.36. The molecule has 0 amide bonds. The lowest BCUT2D eigenvalue weighted by Gasteiger charge is -2.92. The van der Waals surface area contributed by atoms with Crippen LogP contribution < -0.4 is 0 Å². The van der Waals surface area contributed by atoms with Gasteiger partial charge in [-0.05, 0) is 93.9 Å². The van der Waals surface area contributed by atoms with Crippen LogP contribution >= 0.6 is 11.6 Å². The van der Waals surface area contributed by atoms with Crippen molar-refractivity contribution in [3.8, 4) is 22.3 Å². The van der Waals surface area contributed by atoms with E-state index in [1.54, 1.807) is 11.1 Å². The molecule has 28 heavy (non-hydrogen) atoms. The number of rotatable bonds is 1. The average molecular weight is 381 g/mol. The monoisotopic (exact) mass is 380 g/mol. The Labute approximate surface area is 170 Å². The van der Waals surface area contributed by atoms with Crippen molar-refractivity contribution >= 4 is 11.6 Å². The second-order valence-electron chi connectivity index (χ2n) is 9.86. The van der Waals surface area contributed by atoms with Crippen LogP contribution in [0.5, 0.6) is 0 Å². The number of benzene rings is 3. The van der Waals surface area contributed by atoms with E-state index in [0.29, 0.717) is 5.41 Å². The molecule has 5 aliphatic rings. The first-order chi connectivity index (χ1) is 13.8. The topological polar surface area (TPSA) is 0 Å².